The Hall–Kier alpha value is -3.84. The molecule has 0 unspecified atom stereocenters. The fourth-order valence-electron chi connectivity index (χ4n) is 4.15. The number of anilines is 2. The summed E-state index contributed by atoms with van der Waals surface area (Å²) in [5.41, 5.74) is 5.61. The van der Waals surface area contributed by atoms with E-state index >= 15 is 0 Å². The zero-order chi connectivity index (χ0) is 22.6. The minimum absolute atomic E-state index is 0.127. The second-order valence-electron chi connectivity index (χ2n) is 8.46. The van der Waals surface area contributed by atoms with Crippen LogP contribution >= 0.6 is 0 Å². The predicted molar refractivity (Wildman–Crippen MR) is 138 cm³/mol. The molecule has 0 saturated heterocycles. The molecule has 0 aliphatic carbocycles. The van der Waals surface area contributed by atoms with Gasteiger partial charge in [-0.3, -0.25) is 0 Å². The highest BCUT2D eigenvalue weighted by Gasteiger charge is 2.24. The van der Waals surface area contributed by atoms with Crippen molar-refractivity contribution in [3.8, 4) is 0 Å². The van der Waals surface area contributed by atoms with Crippen molar-refractivity contribution in [2.75, 3.05) is 4.90 Å². The minimum atomic E-state index is -0.127. The molecule has 0 spiro atoms. The summed E-state index contributed by atoms with van der Waals surface area (Å²) in [7, 11) is 0. The van der Waals surface area contributed by atoms with Gasteiger partial charge in [-0.1, -0.05) is 112 Å². The van der Waals surface area contributed by atoms with Crippen LogP contribution in [0.4, 0.5) is 11.4 Å². The van der Waals surface area contributed by atoms with Crippen LogP contribution in [0.25, 0.3) is 12.3 Å². The van der Waals surface area contributed by atoms with Crippen molar-refractivity contribution in [1.29, 1.82) is 0 Å². The van der Waals surface area contributed by atoms with Gasteiger partial charge < -0.3 is 4.90 Å². The SMILES string of the molecule is C=CC(=c1ccccc1=C)N(c1ccccc1)c1cccc(C(C)(C)c2ccccc2)c1. The molecule has 0 fully saturated rings. The van der Waals surface area contributed by atoms with E-state index in [-0.39, 0.29) is 5.41 Å². The lowest BCUT2D eigenvalue weighted by molar-refractivity contribution is 0.641. The Bertz CT molecular complexity index is 1320. The Morgan fingerprint density at radius 2 is 1.25 bits per heavy atom. The maximum absolute atomic E-state index is 4.26. The Morgan fingerprint density at radius 1 is 0.688 bits per heavy atom. The molecular formula is C31H29N. The monoisotopic (exact) mass is 415 g/mol. The van der Waals surface area contributed by atoms with Crippen molar-refractivity contribution in [1.82, 2.24) is 0 Å². The molecule has 0 atom stereocenters. The van der Waals surface area contributed by atoms with E-state index in [0.717, 1.165) is 27.5 Å². The first-order valence-electron chi connectivity index (χ1n) is 10.9. The molecule has 0 heterocycles. The number of hydrogen-bond donors (Lipinski definition) is 0. The van der Waals surface area contributed by atoms with E-state index in [1.54, 1.807) is 0 Å². The number of hydrogen-bond acceptors (Lipinski definition) is 1. The molecular weight excluding hydrogens is 386 g/mol. The van der Waals surface area contributed by atoms with E-state index in [1.165, 1.54) is 11.1 Å². The lowest BCUT2D eigenvalue weighted by atomic mass is 9.78. The topological polar surface area (TPSA) is 3.24 Å². The number of benzene rings is 4. The van der Waals surface area contributed by atoms with Crippen LogP contribution in [0.15, 0.2) is 122 Å². The second kappa shape index (κ2) is 9.11. The van der Waals surface area contributed by atoms with Gasteiger partial charge in [0, 0.05) is 22.0 Å². The largest absolute Gasteiger partial charge is 0.310 e. The summed E-state index contributed by atoms with van der Waals surface area (Å²) in [4.78, 5) is 2.27. The van der Waals surface area contributed by atoms with Gasteiger partial charge in [-0.25, -0.2) is 0 Å². The van der Waals surface area contributed by atoms with E-state index < -0.39 is 0 Å². The Balaban J connectivity index is 1.94. The number of rotatable bonds is 6. The van der Waals surface area contributed by atoms with Gasteiger partial charge in [-0.15, -0.1) is 0 Å². The summed E-state index contributed by atoms with van der Waals surface area (Å²) in [6, 6.07) is 38.1. The van der Waals surface area contributed by atoms with Crippen LogP contribution in [-0.2, 0) is 5.41 Å². The van der Waals surface area contributed by atoms with Crippen LogP contribution < -0.4 is 15.3 Å². The summed E-state index contributed by atoms with van der Waals surface area (Å²) in [6.07, 6.45) is 1.92. The third kappa shape index (κ3) is 4.15. The molecule has 0 aliphatic heterocycles. The van der Waals surface area contributed by atoms with Crippen LogP contribution in [0.3, 0.4) is 0 Å². The fraction of sp³-hybridized carbons (Fsp3) is 0.0968. The second-order valence-corrected chi connectivity index (χ2v) is 8.46. The van der Waals surface area contributed by atoms with Crippen molar-refractivity contribution in [3.63, 3.8) is 0 Å². The molecule has 0 bridgehead atoms. The lowest BCUT2D eigenvalue weighted by Crippen LogP contribution is -2.31. The van der Waals surface area contributed by atoms with Gasteiger partial charge in [0.15, 0.2) is 0 Å². The molecule has 1 nitrogen and oxygen atoms in total. The first-order valence-corrected chi connectivity index (χ1v) is 10.9. The van der Waals surface area contributed by atoms with Crippen LogP contribution in [-0.4, -0.2) is 0 Å². The van der Waals surface area contributed by atoms with Crippen molar-refractivity contribution < 1.29 is 0 Å². The molecule has 0 amide bonds. The van der Waals surface area contributed by atoms with E-state index in [1.807, 2.05) is 30.3 Å². The molecule has 1 heteroatoms. The molecule has 0 aromatic heterocycles. The molecule has 158 valence electrons. The third-order valence-corrected chi connectivity index (χ3v) is 6.06. The Kier molecular flexibility index (Phi) is 6.09. The highest BCUT2D eigenvalue weighted by Crippen LogP contribution is 2.36. The molecule has 4 aromatic carbocycles. The van der Waals surface area contributed by atoms with E-state index in [4.69, 9.17) is 0 Å². The predicted octanol–water partition coefficient (Wildman–Crippen LogP) is 6.56. The Labute approximate surface area is 191 Å². The highest BCUT2D eigenvalue weighted by molar-refractivity contribution is 5.84. The van der Waals surface area contributed by atoms with E-state index in [9.17, 15) is 0 Å². The first-order chi connectivity index (χ1) is 15.5. The van der Waals surface area contributed by atoms with Gasteiger partial charge in [0.05, 0.1) is 5.70 Å². The van der Waals surface area contributed by atoms with Crippen molar-refractivity contribution in [2.45, 2.75) is 19.3 Å². The number of nitrogens with zero attached hydrogens (tertiary/aromatic N) is 1. The summed E-state index contributed by atoms with van der Waals surface area (Å²) >= 11 is 0. The molecule has 0 aliphatic rings. The molecule has 0 radical (unpaired) electrons. The minimum Gasteiger partial charge on any atom is -0.310 e. The van der Waals surface area contributed by atoms with E-state index in [0.29, 0.717) is 0 Å². The van der Waals surface area contributed by atoms with Gasteiger partial charge in [-0.05, 0) is 46.7 Å². The zero-order valence-electron chi connectivity index (χ0n) is 18.8. The average Bonchev–Trinajstić information content (AvgIpc) is 2.84. The van der Waals surface area contributed by atoms with Crippen LogP contribution in [0.1, 0.15) is 25.0 Å². The van der Waals surface area contributed by atoms with Crippen molar-refractivity contribution >= 4 is 23.7 Å². The molecule has 4 rings (SSSR count). The summed E-state index contributed by atoms with van der Waals surface area (Å²) in [6.45, 7) is 13.0. The standard InChI is InChI=1S/C31H29N/c1-5-30(29-22-13-12-15-24(29)2)32(27-19-10-7-11-20-27)28-21-14-18-26(23-28)31(3,4)25-16-8-6-9-17-25/h5-23H,1-2H2,3-4H3. The van der Waals surface area contributed by atoms with Gasteiger partial charge >= 0.3 is 0 Å². The van der Waals surface area contributed by atoms with E-state index in [2.05, 4.69) is 117 Å². The highest BCUT2D eigenvalue weighted by atomic mass is 15.1. The average molecular weight is 416 g/mol. The van der Waals surface area contributed by atoms with Crippen LogP contribution in [0, 0.1) is 0 Å². The van der Waals surface area contributed by atoms with Gasteiger partial charge in [-0.2, -0.15) is 0 Å². The fourth-order valence-corrected chi connectivity index (χ4v) is 4.15. The molecule has 0 saturated carbocycles. The van der Waals surface area contributed by atoms with Crippen molar-refractivity contribution in [3.05, 3.63) is 143 Å². The first kappa shape index (κ1) is 21.4. The van der Waals surface area contributed by atoms with Crippen LogP contribution in [0.5, 0.6) is 0 Å². The molecule has 32 heavy (non-hydrogen) atoms. The smallest absolute Gasteiger partial charge is 0.0533 e. The quantitative estimate of drug-likeness (QED) is 0.345. The Morgan fingerprint density at radius 3 is 1.91 bits per heavy atom. The maximum atomic E-state index is 4.26. The summed E-state index contributed by atoms with van der Waals surface area (Å²) in [5, 5.41) is 2.04. The molecule has 0 N–H and O–H groups in total. The third-order valence-electron chi connectivity index (χ3n) is 6.06. The maximum Gasteiger partial charge on any atom is 0.0533 e. The van der Waals surface area contributed by atoms with Crippen molar-refractivity contribution in [2.24, 2.45) is 0 Å². The lowest BCUT2D eigenvalue weighted by Gasteiger charge is -2.30. The van der Waals surface area contributed by atoms with Gasteiger partial charge in [0.2, 0.25) is 0 Å². The summed E-state index contributed by atoms with van der Waals surface area (Å²) in [5.74, 6) is 0. The summed E-state index contributed by atoms with van der Waals surface area (Å²) < 4.78 is 0. The van der Waals surface area contributed by atoms with Gasteiger partial charge in [0.25, 0.3) is 0 Å². The zero-order valence-corrected chi connectivity index (χ0v) is 18.8. The molecule has 4 aromatic rings. The number of para-hydroxylation sites is 1. The van der Waals surface area contributed by atoms with Gasteiger partial charge in [0.1, 0.15) is 0 Å². The normalized spacial score (nSPS) is 12.2. The van der Waals surface area contributed by atoms with Crippen LogP contribution in [0.2, 0.25) is 0 Å².